The first-order valence-corrected chi connectivity index (χ1v) is 4.19. The Bertz CT molecular complexity index is 340. The first-order chi connectivity index (χ1) is 6.29. The van der Waals surface area contributed by atoms with Crippen LogP contribution in [0.5, 0.6) is 0 Å². The fourth-order valence-corrected chi connectivity index (χ4v) is 1.51. The van der Waals surface area contributed by atoms with E-state index < -0.39 is 5.81 Å². The van der Waals surface area contributed by atoms with Gasteiger partial charge in [-0.15, -0.1) is 0 Å². The molecule has 0 spiro atoms. The van der Waals surface area contributed by atoms with Gasteiger partial charge in [0.15, 0.2) is 5.81 Å². The molecule has 1 aromatic rings. The molecule has 0 aromatic heterocycles. The Hall–Kier alpha value is -1.45. The van der Waals surface area contributed by atoms with Gasteiger partial charge in [0.1, 0.15) is 0 Å². The smallest absolute Gasteiger partial charge is 0.201 e. The number of nitrogens with one attached hydrogen (secondary N) is 1. The second kappa shape index (κ2) is 3.13. The Labute approximate surface area is 78.1 Å². The first-order valence-electron chi connectivity index (χ1n) is 4.19. The third-order valence-electron chi connectivity index (χ3n) is 2.11. The van der Waals surface area contributed by atoms with Gasteiger partial charge in [-0.3, -0.25) is 4.79 Å². The molecular formula is C9H9BN2O. The molecule has 2 rings (SSSR count). The Morgan fingerprint density at radius 3 is 3.00 bits per heavy atom. The highest BCUT2D eigenvalue weighted by atomic mass is 16.1. The maximum absolute atomic E-state index is 11.0. The SMILES string of the molecule is [B]C(=O)N1CCNc2ccccc21. The van der Waals surface area contributed by atoms with Crippen LogP contribution in [0.3, 0.4) is 0 Å². The van der Waals surface area contributed by atoms with Crippen LogP contribution in [0, 0.1) is 0 Å². The van der Waals surface area contributed by atoms with Crippen molar-refractivity contribution in [2.75, 3.05) is 23.3 Å². The molecule has 1 heterocycles. The van der Waals surface area contributed by atoms with Gasteiger partial charge in [0, 0.05) is 13.1 Å². The summed E-state index contributed by atoms with van der Waals surface area (Å²) in [5, 5.41) is 3.20. The number of anilines is 2. The molecule has 1 aliphatic rings. The van der Waals surface area contributed by atoms with E-state index >= 15 is 0 Å². The number of hydrogen-bond donors (Lipinski definition) is 1. The zero-order valence-electron chi connectivity index (χ0n) is 7.16. The monoisotopic (exact) mass is 172 g/mol. The summed E-state index contributed by atoms with van der Waals surface area (Å²) < 4.78 is 0. The summed E-state index contributed by atoms with van der Waals surface area (Å²) in [6, 6.07) is 7.63. The van der Waals surface area contributed by atoms with Crippen LogP contribution in [0.25, 0.3) is 0 Å². The minimum absolute atomic E-state index is 0.394. The normalized spacial score (nSPS) is 14.6. The van der Waals surface area contributed by atoms with Gasteiger partial charge in [0.25, 0.3) is 0 Å². The number of rotatable bonds is 0. The number of benzene rings is 1. The molecule has 4 heteroatoms. The van der Waals surface area contributed by atoms with Crippen molar-refractivity contribution in [2.45, 2.75) is 0 Å². The van der Waals surface area contributed by atoms with E-state index in [1.165, 1.54) is 0 Å². The standard InChI is InChI=1S/C9H9BN2O/c10-9(13)12-6-5-11-7-3-1-2-4-8(7)12/h1-4,11H,5-6H2. The lowest BCUT2D eigenvalue weighted by atomic mass is 10.1. The van der Waals surface area contributed by atoms with Crippen LogP contribution in [0.4, 0.5) is 16.2 Å². The molecule has 2 radical (unpaired) electrons. The molecule has 1 aliphatic heterocycles. The van der Waals surface area contributed by atoms with Gasteiger partial charge < -0.3 is 10.2 Å². The summed E-state index contributed by atoms with van der Waals surface area (Å²) >= 11 is 0. The lowest BCUT2D eigenvalue weighted by Gasteiger charge is -2.29. The summed E-state index contributed by atoms with van der Waals surface area (Å²) in [6.45, 7) is 1.38. The van der Waals surface area contributed by atoms with Crippen molar-refractivity contribution < 1.29 is 4.79 Å². The lowest BCUT2D eigenvalue weighted by molar-refractivity contribution is 0.264. The van der Waals surface area contributed by atoms with Gasteiger partial charge in [-0.25, -0.2) is 0 Å². The molecule has 1 aromatic carbocycles. The number of nitrogens with zero attached hydrogens (tertiary/aromatic N) is 1. The minimum Gasteiger partial charge on any atom is -0.382 e. The van der Waals surface area contributed by atoms with Crippen molar-refractivity contribution in [1.82, 2.24) is 0 Å². The van der Waals surface area contributed by atoms with Gasteiger partial charge in [-0.05, 0) is 12.1 Å². The van der Waals surface area contributed by atoms with Crippen molar-refractivity contribution in [2.24, 2.45) is 0 Å². The highest BCUT2D eigenvalue weighted by Gasteiger charge is 2.17. The minimum atomic E-state index is -0.394. The number of carbonyl (C=O) groups is 1. The Morgan fingerprint density at radius 2 is 2.23 bits per heavy atom. The van der Waals surface area contributed by atoms with Crippen molar-refractivity contribution in [3.8, 4) is 0 Å². The summed E-state index contributed by atoms with van der Waals surface area (Å²) in [5.74, 6) is -0.394. The van der Waals surface area contributed by atoms with E-state index in [1.807, 2.05) is 24.3 Å². The molecule has 0 atom stereocenters. The van der Waals surface area contributed by atoms with E-state index in [4.69, 9.17) is 7.85 Å². The average Bonchev–Trinajstić information content (AvgIpc) is 2.17. The van der Waals surface area contributed by atoms with Crippen molar-refractivity contribution in [3.05, 3.63) is 24.3 Å². The quantitative estimate of drug-likeness (QED) is 0.596. The number of para-hydroxylation sites is 2. The summed E-state index contributed by atoms with van der Waals surface area (Å²) in [7, 11) is 5.24. The van der Waals surface area contributed by atoms with E-state index in [9.17, 15) is 4.79 Å². The highest BCUT2D eigenvalue weighted by molar-refractivity contribution is 6.60. The van der Waals surface area contributed by atoms with Crippen molar-refractivity contribution >= 4 is 25.0 Å². The zero-order chi connectivity index (χ0) is 9.26. The Balaban J connectivity index is 2.42. The van der Waals surface area contributed by atoms with E-state index in [0.29, 0.717) is 6.54 Å². The number of fused-ring (bicyclic) bond motifs is 1. The molecule has 3 nitrogen and oxygen atoms in total. The van der Waals surface area contributed by atoms with Gasteiger partial charge >= 0.3 is 0 Å². The number of carbonyl (C=O) groups excluding carboxylic acids is 1. The lowest BCUT2D eigenvalue weighted by Crippen LogP contribution is -2.38. The maximum Gasteiger partial charge on any atom is 0.201 e. The molecule has 0 fully saturated rings. The van der Waals surface area contributed by atoms with Crippen LogP contribution < -0.4 is 10.2 Å². The van der Waals surface area contributed by atoms with E-state index in [1.54, 1.807) is 4.90 Å². The molecule has 0 bridgehead atoms. The van der Waals surface area contributed by atoms with Crippen LogP contribution >= 0.6 is 0 Å². The first kappa shape index (κ1) is 8.17. The maximum atomic E-state index is 11.0. The van der Waals surface area contributed by atoms with Gasteiger partial charge in [0.2, 0.25) is 7.85 Å². The fourth-order valence-electron chi connectivity index (χ4n) is 1.51. The predicted octanol–water partition coefficient (Wildman–Crippen LogP) is 1.21. The molecule has 0 aliphatic carbocycles. The van der Waals surface area contributed by atoms with E-state index in [2.05, 4.69) is 5.32 Å². The third kappa shape index (κ3) is 1.39. The summed E-state index contributed by atoms with van der Waals surface area (Å²) in [6.07, 6.45) is 0. The number of hydrogen-bond acceptors (Lipinski definition) is 2. The highest BCUT2D eigenvalue weighted by Crippen LogP contribution is 2.27. The van der Waals surface area contributed by atoms with Gasteiger partial charge in [-0.2, -0.15) is 0 Å². The fraction of sp³-hybridized carbons (Fsp3) is 0.222. The largest absolute Gasteiger partial charge is 0.382 e. The molecule has 0 saturated heterocycles. The van der Waals surface area contributed by atoms with Crippen LogP contribution in [-0.4, -0.2) is 26.7 Å². The second-order valence-electron chi connectivity index (χ2n) is 2.93. The van der Waals surface area contributed by atoms with Crippen molar-refractivity contribution in [3.63, 3.8) is 0 Å². The Kier molecular flexibility index (Phi) is 1.96. The van der Waals surface area contributed by atoms with E-state index in [-0.39, 0.29) is 0 Å². The number of amides is 1. The van der Waals surface area contributed by atoms with E-state index in [0.717, 1.165) is 17.9 Å². The molecule has 13 heavy (non-hydrogen) atoms. The second-order valence-corrected chi connectivity index (χ2v) is 2.93. The Morgan fingerprint density at radius 1 is 1.46 bits per heavy atom. The van der Waals surface area contributed by atoms with Gasteiger partial charge in [0.05, 0.1) is 11.4 Å². The summed E-state index contributed by atoms with van der Waals surface area (Å²) in [4.78, 5) is 12.6. The topological polar surface area (TPSA) is 32.3 Å². The van der Waals surface area contributed by atoms with Crippen LogP contribution in [0.2, 0.25) is 0 Å². The van der Waals surface area contributed by atoms with Crippen LogP contribution in [0.1, 0.15) is 0 Å². The molecule has 1 amide bonds. The van der Waals surface area contributed by atoms with Crippen LogP contribution in [-0.2, 0) is 0 Å². The third-order valence-corrected chi connectivity index (χ3v) is 2.11. The van der Waals surface area contributed by atoms with Crippen LogP contribution in [0.15, 0.2) is 24.3 Å². The molecule has 0 saturated carbocycles. The molecule has 0 unspecified atom stereocenters. The van der Waals surface area contributed by atoms with Crippen molar-refractivity contribution in [1.29, 1.82) is 0 Å². The summed E-state index contributed by atoms with van der Waals surface area (Å²) in [5.41, 5.74) is 1.83. The predicted molar refractivity (Wildman–Crippen MR) is 53.4 cm³/mol. The zero-order valence-corrected chi connectivity index (χ0v) is 7.16. The van der Waals surface area contributed by atoms with Gasteiger partial charge in [-0.1, -0.05) is 12.1 Å². The molecule has 64 valence electrons. The molecule has 1 N–H and O–H groups in total. The molecular weight excluding hydrogens is 163 g/mol. The average molecular weight is 172 g/mol.